The van der Waals surface area contributed by atoms with Crippen molar-refractivity contribution in [3.63, 3.8) is 0 Å². The lowest BCUT2D eigenvalue weighted by Crippen LogP contribution is -2.14. The molecule has 47 heavy (non-hydrogen) atoms. The van der Waals surface area contributed by atoms with Crippen LogP contribution in [0.2, 0.25) is 0 Å². The number of benzene rings is 7. The first-order valence-corrected chi connectivity index (χ1v) is 17.5. The molecule has 0 atom stereocenters. The lowest BCUT2D eigenvalue weighted by atomic mass is 10.1. The van der Waals surface area contributed by atoms with Gasteiger partial charge in [-0.1, -0.05) is 91.0 Å². The van der Waals surface area contributed by atoms with Crippen LogP contribution in [0.25, 0.3) is 40.3 Å². The largest absolute Gasteiger partial charge is 0.310 e. The predicted octanol–water partition coefficient (Wildman–Crippen LogP) is 13.7. The summed E-state index contributed by atoms with van der Waals surface area (Å²) in [6.07, 6.45) is 0. The van der Waals surface area contributed by atoms with E-state index in [1.54, 1.807) is 0 Å². The Kier molecular flexibility index (Phi) is 6.77. The maximum atomic E-state index is 2.42. The molecule has 0 fully saturated rings. The van der Waals surface area contributed by atoms with Gasteiger partial charge in [-0.3, -0.25) is 0 Å². The summed E-state index contributed by atoms with van der Waals surface area (Å²) in [6, 6.07) is 59.5. The number of hydrogen-bond acceptors (Lipinski definition) is 4. The van der Waals surface area contributed by atoms with Crippen LogP contribution in [0, 0.1) is 6.92 Å². The Morgan fingerprint density at radius 2 is 0.766 bits per heavy atom. The van der Waals surface area contributed by atoms with Crippen molar-refractivity contribution in [2.45, 2.75) is 6.92 Å². The summed E-state index contributed by atoms with van der Waals surface area (Å²) < 4.78 is 5.21. The first kappa shape index (κ1) is 27.9. The molecule has 0 radical (unpaired) electrons. The normalized spacial score (nSPS) is 11.5. The highest BCUT2D eigenvalue weighted by atomic mass is 32.1. The zero-order valence-corrected chi connectivity index (χ0v) is 27.4. The Hall–Kier alpha value is -5.42. The first-order valence-electron chi connectivity index (χ1n) is 15.8. The van der Waals surface area contributed by atoms with Gasteiger partial charge in [0.1, 0.15) is 0 Å². The van der Waals surface area contributed by atoms with E-state index < -0.39 is 0 Å². The number of aryl methyl sites for hydroxylation is 1. The number of rotatable bonds is 6. The van der Waals surface area contributed by atoms with Crippen molar-refractivity contribution in [1.82, 2.24) is 0 Å². The number of para-hydroxylation sites is 2. The fourth-order valence-corrected chi connectivity index (χ4v) is 8.99. The van der Waals surface area contributed by atoms with E-state index in [1.165, 1.54) is 45.9 Å². The van der Waals surface area contributed by atoms with Crippen molar-refractivity contribution in [3.05, 3.63) is 169 Å². The monoisotopic (exact) mass is 638 g/mol. The van der Waals surface area contributed by atoms with Crippen molar-refractivity contribution >= 4 is 97.1 Å². The molecule has 0 aliphatic heterocycles. The molecule has 9 rings (SSSR count). The summed E-state index contributed by atoms with van der Waals surface area (Å²) in [4.78, 5) is 4.78. The molecule has 9 aromatic rings. The van der Waals surface area contributed by atoms with E-state index in [1.807, 2.05) is 22.7 Å². The fraction of sp³-hybridized carbons (Fsp3) is 0.0233. The average Bonchev–Trinajstić information content (AvgIpc) is 3.68. The highest BCUT2D eigenvalue weighted by Crippen LogP contribution is 2.45. The Bertz CT molecular complexity index is 2390. The molecule has 0 bridgehead atoms. The number of fused-ring (bicyclic) bond motifs is 6. The maximum Gasteiger partial charge on any atom is 0.0511 e. The summed E-state index contributed by atoms with van der Waals surface area (Å²) in [5, 5.41) is 5.24. The molecule has 2 aromatic heterocycles. The van der Waals surface area contributed by atoms with Crippen LogP contribution in [0.1, 0.15) is 5.56 Å². The molecular formula is C43H30N2S2. The lowest BCUT2D eigenvalue weighted by molar-refractivity contribution is 1.23. The third kappa shape index (κ3) is 4.85. The summed E-state index contributed by atoms with van der Waals surface area (Å²) in [6.45, 7) is 2.20. The third-order valence-electron chi connectivity index (χ3n) is 8.96. The van der Waals surface area contributed by atoms with Gasteiger partial charge in [-0.2, -0.15) is 0 Å². The minimum atomic E-state index is 1.11. The Morgan fingerprint density at radius 3 is 1.30 bits per heavy atom. The minimum absolute atomic E-state index is 1.11. The van der Waals surface area contributed by atoms with E-state index in [0.29, 0.717) is 0 Å². The fourth-order valence-electron chi connectivity index (χ4n) is 6.71. The van der Waals surface area contributed by atoms with Crippen LogP contribution in [0.15, 0.2) is 164 Å². The van der Waals surface area contributed by atoms with Gasteiger partial charge >= 0.3 is 0 Å². The molecule has 2 nitrogen and oxygen atoms in total. The van der Waals surface area contributed by atoms with Crippen molar-refractivity contribution < 1.29 is 0 Å². The molecule has 224 valence electrons. The number of nitrogens with zero attached hydrogens (tertiary/aromatic N) is 2. The van der Waals surface area contributed by atoms with Crippen LogP contribution in [0.5, 0.6) is 0 Å². The van der Waals surface area contributed by atoms with Gasteiger partial charge in [0.2, 0.25) is 0 Å². The molecule has 7 aromatic carbocycles. The van der Waals surface area contributed by atoms with Gasteiger partial charge in [0.05, 0.1) is 5.69 Å². The molecule has 4 heteroatoms. The molecule has 0 unspecified atom stereocenters. The Balaban J connectivity index is 1.26. The van der Waals surface area contributed by atoms with Crippen LogP contribution >= 0.6 is 22.7 Å². The number of hydrogen-bond donors (Lipinski definition) is 0. The van der Waals surface area contributed by atoms with Crippen LogP contribution in [0.3, 0.4) is 0 Å². The van der Waals surface area contributed by atoms with Gasteiger partial charge in [0, 0.05) is 68.8 Å². The second-order valence-corrected chi connectivity index (χ2v) is 14.0. The van der Waals surface area contributed by atoms with Crippen molar-refractivity contribution in [2.24, 2.45) is 0 Å². The van der Waals surface area contributed by atoms with Crippen LogP contribution < -0.4 is 9.80 Å². The van der Waals surface area contributed by atoms with Crippen LogP contribution in [0.4, 0.5) is 34.1 Å². The average molecular weight is 639 g/mol. The second kappa shape index (κ2) is 11.4. The quantitative estimate of drug-likeness (QED) is 0.179. The van der Waals surface area contributed by atoms with Gasteiger partial charge in [0.25, 0.3) is 0 Å². The smallest absolute Gasteiger partial charge is 0.0511 e. The van der Waals surface area contributed by atoms with Gasteiger partial charge in [-0.25, -0.2) is 0 Å². The molecule has 0 amide bonds. The van der Waals surface area contributed by atoms with E-state index in [-0.39, 0.29) is 0 Å². The first-order chi connectivity index (χ1) is 23.2. The SMILES string of the molecule is Cc1ccc(N(c2ccc3c(c2)sc2ccccc23)c2ccc3c(c2)sc2ccccc23)cc1N(c1ccccc1)c1ccccc1. The molecular weight excluding hydrogens is 609 g/mol. The number of anilines is 6. The van der Waals surface area contributed by atoms with Crippen molar-refractivity contribution in [1.29, 1.82) is 0 Å². The highest BCUT2D eigenvalue weighted by molar-refractivity contribution is 7.26. The second-order valence-electron chi connectivity index (χ2n) is 11.9. The van der Waals surface area contributed by atoms with Crippen molar-refractivity contribution in [2.75, 3.05) is 9.80 Å². The highest BCUT2D eigenvalue weighted by Gasteiger charge is 2.20. The Labute approximate surface area is 282 Å². The van der Waals surface area contributed by atoms with Gasteiger partial charge in [-0.15, -0.1) is 22.7 Å². The van der Waals surface area contributed by atoms with E-state index in [0.717, 1.165) is 34.1 Å². The van der Waals surface area contributed by atoms with E-state index in [2.05, 4.69) is 181 Å². The standard InChI is InChI=1S/C43H30N2S2/c1-29-20-21-32(26-39(29)45(30-12-4-2-5-13-30)31-14-6-3-7-15-31)44(33-22-24-37-35-16-8-10-18-40(35)46-42(37)27-33)34-23-25-38-36-17-9-11-19-41(36)47-43(38)28-34/h2-28H,1H3. The van der Waals surface area contributed by atoms with E-state index in [4.69, 9.17) is 0 Å². The summed E-state index contributed by atoms with van der Waals surface area (Å²) in [7, 11) is 0. The molecule has 0 aliphatic rings. The van der Waals surface area contributed by atoms with Crippen LogP contribution in [-0.2, 0) is 0 Å². The summed E-state index contributed by atoms with van der Waals surface area (Å²) >= 11 is 3.72. The van der Waals surface area contributed by atoms with E-state index in [9.17, 15) is 0 Å². The van der Waals surface area contributed by atoms with Gasteiger partial charge < -0.3 is 9.80 Å². The number of thiophene rings is 2. The topological polar surface area (TPSA) is 6.48 Å². The predicted molar refractivity (Wildman–Crippen MR) is 206 cm³/mol. The zero-order chi connectivity index (χ0) is 31.3. The molecule has 2 heterocycles. The molecule has 0 spiro atoms. The third-order valence-corrected chi connectivity index (χ3v) is 11.2. The Morgan fingerprint density at radius 1 is 0.340 bits per heavy atom. The molecule has 0 saturated carbocycles. The zero-order valence-electron chi connectivity index (χ0n) is 25.8. The summed E-state index contributed by atoms with van der Waals surface area (Å²) in [5.41, 5.74) is 8.02. The maximum absolute atomic E-state index is 2.42. The molecule has 0 aliphatic carbocycles. The van der Waals surface area contributed by atoms with Gasteiger partial charge in [0.15, 0.2) is 0 Å². The minimum Gasteiger partial charge on any atom is -0.310 e. The molecule has 0 saturated heterocycles. The van der Waals surface area contributed by atoms with E-state index >= 15 is 0 Å². The van der Waals surface area contributed by atoms with Crippen molar-refractivity contribution in [3.8, 4) is 0 Å². The van der Waals surface area contributed by atoms with Gasteiger partial charge in [-0.05, 0) is 85.3 Å². The lowest BCUT2D eigenvalue weighted by Gasteiger charge is -2.30. The summed E-state index contributed by atoms with van der Waals surface area (Å²) in [5.74, 6) is 0. The van der Waals surface area contributed by atoms with Crippen LogP contribution in [-0.4, -0.2) is 0 Å². The molecule has 0 N–H and O–H groups in total.